The van der Waals surface area contributed by atoms with Gasteiger partial charge in [0.05, 0.1) is 0 Å². The summed E-state index contributed by atoms with van der Waals surface area (Å²) in [5, 5.41) is 0. The average molecular weight is 240 g/mol. The summed E-state index contributed by atoms with van der Waals surface area (Å²) in [7, 11) is 0. The molecule has 0 radical (unpaired) electrons. The maximum absolute atomic E-state index is 6.32. The second-order valence-corrected chi connectivity index (χ2v) is 4.91. The first-order valence-electron chi connectivity index (χ1n) is 4.68. The highest BCUT2D eigenvalue weighted by Crippen LogP contribution is 2.44. The van der Waals surface area contributed by atoms with Crippen LogP contribution in [0.5, 0.6) is 0 Å². The molecule has 0 amide bonds. The molecule has 2 N–H and O–H groups in total. The Bertz CT molecular complexity index is 324. The van der Waals surface area contributed by atoms with Crippen LogP contribution in [0.1, 0.15) is 25.3 Å². The van der Waals surface area contributed by atoms with Gasteiger partial charge in [-0.25, -0.2) is 0 Å². The Morgan fingerprint density at radius 2 is 2.31 bits per heavy atom. The Hall–Kier alpha value is -0.340. The molecule has 0 spiro atoms. The van der Waals surface area contributed by atoms with E-state index in [4.69, 9.17) is 5.73 Å². The maximum atomic E-state index is 6.32. The lowest BCUT2D eigenvalue weighted by atomic mass is 9.65. The zero-order valence-corrected chi connectivity index (χ0v) is 9.34. The van der Waals surface area contributed by atoms with Crippen LogP contribution < -0.4 is 5.73 Å². The van der Waals surface area contributed by atoms with E-state index in [2.05, 4.69) is 41.1 Å². The summed E-state index contributed by atoms with van der Waals surface area (Å²) in [6.07, 6.45) is 2.37. The van der Waals surface area contributed by atoms with Crippen molar-refractivity contribution in [1.29, 1.82) is 0 Å². The number of hydrogen-bond donors (Lipinski definition) is 1. The summed E-state index contributed by atoms with van der Waals surface area (Å²) in [6.45, 7) is 2.23. The van der Waals surface area contributed by atoms with E-state index in [1.807, 2.05) is 6.07 Å². The molecule has 0 bridgehead atoms. The molecule has 1 fully saturated rings. The lowest BCUT2D eigenvalue weighted by Gasteiger charge is -2.45. The molecule has 0 aromatic heterocycles. The molecule has 1 nitrogen and oxygen atoms in total. The second kappa shape index (κ2) is 3.10. The summed E-state index contributed by atoms with van der Waals surface area (Å²) < 4.78 is 1.12. The highest BCUT2D eigenvalue weighted by Gasteiger charge is 2.41. The monoisotopic (exact) mass is 239 g/mol. The molecule has 0 aliphatic heterocycles. The van der Waals surface area contributed by atoms with Gasteiger partial charge in [-0.1, -0.05) is 35.0 Å². The van der Waals surface area contributed by atoms with Crippen LogP contribution in [0.25, 0.3) is 0 Å². The van der Waals surface area contributed by atoms with E-state index in [-0.39, 0.29) is 5.54 Å². The Balaban J connectivity index is 2.35. The van der Waals surface area contributed by atoms with E-state index in [1.54, 1.807) is 0 Å². The third-order valence-electron chi connectivity index (χ3n) is 3.23. The molecule has 2 unspecified atom stereocenters. The van der Waals surface area contributed by atoms with Gasteiger partial charge in [0.15, 0.2) is 0 Å². The molecular formula is C11H14BrN. The number of benzene rings is 1. The minimum atomic E-state index is -0.0657. The lowest BCUT2D eigenvalue weighted by molar-refractivity contribution is 0.145. The van der Waals surface area contributed by atoms with Crippen molar-refractivity contribution in [1.82, 2.24) is 0 Å². The summed E-state index contributed by atoms with van der Waals surface area (Å²) in [4.78, 5) is 0. The predicted octanol–water partition coefficient (Wildman–Crippen LogP) is 3.03. The first kappa shape index (κ1) is 9.22. The minimum absolute atomic E-state index is 0.0657. The Morgan fingerprint density at radius 3 is 2.77 bits per heavy atom. The van der Waals surface area contributed by atoms with Crippen molar-refractivity contribution in [3.8, 4) is 0 Å². The molecule has 1 saturated carbocycles. The predicted molar refractivity (Wildman–Crippen MR) is 58.4 cm³/mol. The third kappa shape index (κ3) is 1.42. The van der Waals surface area contributed by atoms with Crippen molar-refractivity contribution in [2.24, 2.45) is 11.7 Å². The SMILES string of the molecule is CC1CCC1(N)c1cccc(Br)c1. The van der Waals surface area contributed by atoms with Gasteiger partial charge in [-0.2, -0.15) is 0 Å². The first-order chi connectivity index (χ1) is 6.13. The van der Waals surface area contributed by atoms with Crippen LogP contribution in [0.15, 0.2) is 28.7 Å². The van der Waals surface area contributed by atoms with E-state index < -0.39 is 0 Å². The van der Waals surface area contributed by atoms with Crippen LogP contribution >= 0.6 is 15.9 Å². The van der Waals surface area contributed by atoms with Crippen molar-refractivity contribution < 1.29 is 0 Å². The normalized spacial score (nSPS) is 32.7. The summed E-state index contributed by atoms with van der Waals surface area (Å²) >= 11 is 3.47. The quantitative estimate of drug-likeness (QED) is 0.802. The van der Waals surface area contributed by atoms with Gasteiger partial charge in [0, 0.05) is 10.0 Å². The smallest absolute Gasteiger partial charge is 0.0436 e. The van der Waals surface area contributed by atoms with Gasteiger partial charge in [-0.15, -0.1) is 0 Å². The topological polar surface area (TPSA) is 26.0 Å². The van der Waals surface area contributed by atoms with Gasteiger partial charge >= 0.3 is 0 Å². The fourth-order valence-corrected chi connectivity index (χ4v) is 2.35. The molecule has 1 aromatic rings. The van der Waals surface area contributed by atoms with E-state index in [0.29, 0.717) is 5.92 Å². The van der Waals surface area contributed by atoms with Gasteiger partial charge in [0.2, 0.25) is 0 Å². The summed E-state index contributed by atoms with van der Waals surface area (Å²) in [6, 6.07) is 8.35. The Labute approximate surface area is 87.5 Å². The van der Waals surface area contributed by atoms with Crippen LogP contribution in [-0.4, -0.2) is 0 Å². The zero-order valence-electron chi connectivity index (χ0n) is 7.76. The molecule has 1 aliphatic rings. The lowest BCUT2D eigenvalue weighted by Crippen LogP contribution is -2.50. The highest BCUT2D eigenvalue weighted by atomic mass is 79.9. The Morgan fingerprint density at radius 1 is 1.54 bits per heavy atom. The molecular weight excluding hydrogens is 226 g/mol. The molecule has 0 saturated heterocycles. The summed E-state index contributed by atoms with van der Waals surface area (Å²) in [5.74, 6) is 0.613. The first-order valence-corrected chi connectivity index (χ1v) is 5.47. The van der Waals surface area contributed by atoms with Gasteiger partial charge in [-0.3, -0.25) is 0 Å². The number of rotatable bonds is 1. The second-order valence-electron chi connectivity index (χ2n) is 3.99. The number of nitrogens with two attached hydrogens (primary N) is 1. The fraction of sp³-hybridized carbons (Fsp3) is 0.455. The Kier molecular flexibility index (Phi) is 2.20. The fourth-order valence-electron chi connectivity index (χ4n) is 1.95. The average Bonchev–Trinajstić information content (AvgIpc) is 2.14. The van der Waals surface area contributed by atoms with E-state index in [1.165, 1.54) is 12.0 Å². The molecule has 1 aromatic carbocycles. The van der Waals surface area contributed by atoms with Gasteiger partial charge in [0.25, 0.3) is 0 Å². The van der Waals surface area contributed by atoms with Crippen molar-refractivity contribution in [2.75, 3.05) is 0 Å². The molecule has 2 atom stereocenters. The van der Waals surface area contributed by atoms with E-state index in [0.717, 1.165) is 10.9 Å². The molecule has 2 rings (SSSR count). The van der Waals surface area contributed by atoms with Crippen LogP contribution in [-0.2, 0) is 5.54 Å². The van der Waals surface area contributed by atoms with Crippen LogP contribution in [0, 0.1) is 5.92 Å². The van der Waals surface area contributed by atoms with Crippen LogP contribution in [0.2, 0.25) is 0 Å². The molecule has 13 heavy (non-hydrogen) atoms. The molecule has 0 heterocycles. The third-order valence-corrected chi connectivity index (χ3v) is 3.73. The largest absolute Gasteiger partial charge is 0.321 e. The zero-order chi connectivity index (χ0) is 9.47. The maximum Gasteiger partial charge on any atom is 0.0436 e. The number of hydrogen-bond acceptors (Lipinski definition) is 1. The van der Waals surface area contributed by atoms with E-state index in [9.17, 15) is 0 Å². The van der Waals surface area contributed by atoms with Crippen molar-refractivity contribution in [2.45, 2.75) is 25.3 Å². The van der Waals surface area contributed by atoms with Crippen molar-refractivity contribution in [3.63, 3.8) is 0 Å². The highest BCUT2D eigenvalue weighted by molar-refractivity contribution is 9.10. The van der Waals surface area contributed by atoms with Gasteiger partial charge in [0.1, 0.15) is 0 Å². The minimum Gasteiger partial charge on any atom is -0.321 e. The van der Waals surface area contributed by atoms with Crippen molar-refractivity contribution in [3.05, 3.63) is 34.3 Å². The van der Waals surface area contributed by atoms with Gasteiger partial charge < -0.3 is 5.73 Å². The standard InChI is InChI=1S/C11H14BrN/c1-8-5-6-11(8,13)9-3-2-4-10(12)7-9/h2-4,7-8H,5-6,13H2,1H3. The molecule has 2 heteroatoms. The summed E-state index contributed by atoms with van der Waals surface area (Å²) in [5.41, 5.74) is 7.51. The van der Waals surface area contributed by atoms with E-state index >= 15 is 0 Å². The van der Waals surface area contributed by atoms with Crippen molar-refractivity contribution >= 4 is 15.9 Å². The van der Waals surface area contributed by atoms with Gasteiger partial charge in [-0.05, 0) is 36.5 Å². The number of halogens is 1. The molecule has 70 valence electrons. The molecule has 1 aliphatic carbocycles. The van der Waals surface area contributed by atoms with Crippen LogP contribution in [0.3, 0.4) is 0 Å². The van der Waals surface area contributed by atoms with Crippen LogP contribution in [0.4, 0.5) is 0 Å².